The Labute approximate surface area is 173 Å². The molecule has 2 fully saturated rings. The molecule has 1 aliphatic heterocycles. The lowest BCUT2D eigenvalue weighted by molar-refractivity contribution is -0.134. The SMILES string of the molecule is CCCCNC(=O)[C@@H]1CN(C(=O)C2CCCC2)C[C@@H]1c1cc(OC)ccc1OC. The van der Waals surface area contributed by atoms with Crippen LogP contribution in [0.5, 0.6) is 11.5 Å². The van der Waals surface area contributed by atoms with Crippen molar-refractivity contribution in [1.82, 2.24) is 10.2 Å². The molecular formula is C23H34N2O4. The van der Waals surface area contributed by atoms with Crippen LogP contribution in [0.2, 0.25) is 0 Å². The fraction of sp³-hybridized carbons (Fsp3) is 0.652. The Morgan fingerprint density at radius 3 is 2.55 bits per heavy atom. The van der Waals surface area contributed by atoms with Gasteiger partial charge in [-0.25, -0.2) is 0 Å². The number of amides is 2. The molecule has 2 atom stereocenters. The predicted octanol–water partition coefficient (Wildman–Crippen LogP) is 3.35. The number of nitrogens with one attached hydrogen (secondary N) is 1. The highest BCUT2D eigenvalue weighted by Crippen LogP contribution is 2.40. The summed E-state index contributed by atoms with van der Waals surface area (Å²) in [6, 6.07) is 5.68. The number of hydrogen-bond acceptors (Lipinski definition) is 4. The van der Waals surface area contributed by atoms with E-state index in [2.05, 4.69) is 12.2 Å². The second-order valence-corrected chi connectivity index (χ2v) is 8.19. The summed E-state index contributed by atoms with van der Waals surface area (Å²) in [4.78, 5) is 28.0. The molecule has 1 saturated heterocycles. The van der Waals surface area contributed by atoms with Gasteiger partial charge in [-0.3, -0.25) is 9.59 Å². The third kappa shape index (κ3) is 4.85. The molecule has 0 unspecified atom stereocenters. The Kier molecular flexibility index (Phi) is 7.40. The van der Waals surface area contributed by atoms with Gasteiger partial charge >= 0.3 is 0 Å². The molecule has 160 valence electrons. The lowest BCUT2D eigenvalue weighted by Gasteiger charge is -2.21. The highest BCUT2D eigenvalue weighted by Gasteiger charge is 2.43. The number of likely N-dealkylation sites (tertiary alicyclic amines) is 1. The third-order valence-electron chi connectivity index (χ3n) is 6.34. The van der Waals surface area contributed by atoms with Crippen molar-refractivity contribution in [3.63, 3.8) is 0 Å². The van der Waals surface area contributed by atoms with E-state index in [-0.39, 0.29) is 29.6 Å². The second-order valence-electron chi connectivity index (χ2n) is 8.19. The first-order valence-electron chi connectivity index (χ1n) is 10.9. The van der Waals surface area contributed by atoms with Gasteiger partial charge in [0, 0.05) is 37.0 Å². The zero-order valence-corrected chi connectivity index (χ0v) is 17.9. The highest BCUT2D eigenvalue weighted by atomic mass is 16.5. The molecule has 1 aromatic rings. The molecule has 1 aromatic carbocycles. The monoisotopic (exact) mass is 402 g/mol. The van der Waals surface area contributed by atoms with E-state index < -0.39 is 0 Å². The number of unbranched alkanes of at least 4 members (excludes halogenated alkanes) is 1. The summed E-state index contributed by atoms with van der Waals surface area (Å²) in [5.41, 5.74) is 0.934. The Morgan fingerprint density at radius 2 is 1.90 bits per heavy atom. The molecule has 1 N–H and O–H groups in total. The maximum Gasteiger partial charge on any atom is 0.225 e. The molecule has 6 heteroatoms. The lowest BCUT2D eigenvalue weighted by Crippen LogP contribution is -2.37. The van der Waals surface area contributed by atoms with Crippen molar-refractivity contribution < 1.29 is 19.1 Å². The van der Waals surface area contributed by atoms with Gasteiger partial charge < -0.3 is 19.7 Å². The fourth-order valence-corrected chi connectivity index (χ4v) is 4.64. The van der Waals surface area contributed by atoms with Crippen molar-refractivity contribution >= 4 is 11.8 Å². The first-order valence-corrected chi connectivity index (χ1v) is 10.9. The van der Waals surface area contributed by atoms with E-state index in [0.717, 1.165) is 55.6 Å². The number of methoxy groups -OCH3 is 2. The van der Waals surface area contributed by atoms with E-state index in [9.17, 15) is 9.59 Å². The average Bonchev–Trinajstić information content (AvgIpc) is 3.43. The maximum atomic E-state index is 13.1. The first kappa shape index (κ1) is 21.5. The zero-order valence-electron chi connectivity index (χ0n) is 17.9. The molecule has 0 radical (unpaired) electrons. The van der Waals surface area contributed by atoms with Gasteiger partial charge in [0.2, 0.25) is 11.8 Å². The van der Waals surface area contributed by atoms with E-state index in [4.69, 9.17) is 9.47 Å². The Hall–Kier alpha value is -2.24. The predicted molar refractivity (Wildman–Crippen MR) is 112 cm³/mol. The summed E-state index contributed by atoms with van der Waals surface area (Å²) >= 11 is 0. The zero-order chi connectivity index (χ0) is 20.8. The van der Waals surface area contributed by atoms with Crippen LogP contribution < -0.4 is 14.8 Å². The van der Waals surface area contributed by atoms with E-state index >= 15 is 0 Å². The number of nitrogens with zero attached hydrogens (tertiary/aromatic N) is 1. The van der Waals surface area contributed by atoms with E-state index in [0.29, 0.717) is 19.6 Å². The van der Waals surface area contributed by atoms with Gasteiger partial charge in [0.05, 0.1) is 20.1 Å². The van der Waals surface area contributed by atoms with E-state index in [1.807, 2.05) is 23.1 Å². The molecule has 2 amide bonds. The molecule has 0 aromatic heterocycles. The quantitative estimate of drug-likeness (QED) is 0.677. The Morgan fingerprint density at radius 1 is 1.14 bits per heavy atom. The van der Waals surface area contributed by atoms with Crippen molar-refractivity contribution in [2.24, 2.45) is 11.8 Å². The minimum Gasteiger partial charge on any atom is -0.497 e. The van der Waals surface area contributed by atoms with Crippen LogP contribution in [0.1, 0.15) is 56.9 Å². The molecule has 1 aliphatic carbocycles. The molecule has 1 saturated carbocycles. The van der Waals surface area contributed by atoms with Crippen molar-refractivity contribution in [3.8, 4) is 11.5 Å². The summed E-state index contributed by atoms with van der Waals surface area (Å²) in [6.07, 6.45) is 6.17. The molecule has 1 heterocycles. The minimum atomic E-state index is -0.279. The molecule has 6 nitrogen and oxygen atoms in total. The second kappa shape index (κ2) is 9.99. The molecule has 0 bridgehead atoms. The van der Waals surface area contributed by atoms with Crippen LogP contribution in [0, 0.1) is 11.8 Å². The van der Waals surface area contributed by atoms with Gasteiger partial charge in [0.15, 0.2) is 0 Å². The van der Waals surface area contributed by atoms with Crippen LogP contribution >= 0.6 is 0 Å². The summed E-state index contributed by atoms with van der Waals surface area (Å²) in [5.74, 6) is 1.42. The fourth-order valence-electron chi connectivity index (χ4n) is 4.64. The number of hydrogen-bond donors (Lipinski definition) is 1. The number of rotatable bonds is 8. The van der Waals surface area contributed by atoms with E-state index in [1.165, 1.54) is 0 Å². The first-order chi connectivity index (χ1) is 14.1. The average molecular weight is 403 g/mol. The van der Waals surface area contributed by atoms with Crippen molar-refractivity contribution in [3.05, 3.63) is 23.8 Å². The van der Waals surface area contributed by atoms with E-state index in [1.54, 1.807) is 14.2 Å². The number of benzene rings is 1. The molecular weight excluding hydrogens is 368 g/mol. The third-order valence-corrected chi connectivity index (χ3v) is 6.34. The largest absolute Gasteiger partial charge is 0.497 e. The number of ether oxygens (including phenoxy) is 2. The lowest BCUT2D eigenvalue weighted by atomic mass is 9.87. The van der Waals surface area contributed by atoms with Crippen LogP contribution in [-0.2, 0) is 9.59 Å². The van der Waals surface area contributed by atoms with Gasteiger partial charge in [0.1, 0.15) is 11.5 Å². The van der Waals surface area contributed by atoms with Gasteiger partial charge in [-0.05, 0) is 37.5 Å². The van der Waals surface area contributed by atoms with Crippen molar-refractivity contribution in [2.45, 2.75) is 51.4 Å². The van der Waals surface area contributed by atoms with Crippen LogP contribution in [0.15, 0.2) is 18.2 Å². The van der Waals surface area contributed by atoms with Crippen LogP contribution in [-0.4, -0.2) is 50.6 Å². The number of carbonyl (C=O) groups excluding carboxylic acids is 2. The molecule has 0 spiro atoms. The molecule has 2 aliphatic rings. The van der Waals surface area contributed by atoms with Gasteiger partial charge in [-0.2, -0.15) is 0 Å². The number of carbonyl (C=O) groups is 2. The Bertz CT molecular complexity index is 715. The Balaban J connectivity index is 1.86. The minimum absolute atomic E-state index is 0.0232. The van der Waals surface area contributed by atoms with Crippen LogP contribution in [0.3, 0.4) is 0 Å². The molecule has 3 rings (SSSR count). The maximum absolute atomic E-state index is 13.1. The molecule has 29 heavy (non-hydrogen) atoms. The standard InChI is InChI=1S/C23H34N2O4/c1-4-5-12-24-22(26)20-15-25(23(27)16-8-6-7-9-16)14-19(20)18-13-17(28-2)10-11-21(18)29-3/h10-11,13,16,19-20H,4-9,12,14-15H2,1-3H3,(H,24,26)/t19-,20-/m1/s1. The highest BCUT2D eigenvalue weighted by molar-refractivity contribution is 5.84. The topological polar surface area (TPSA) is 67.9 Å². The van der Waals surface area contributed by atoms with Crippen molar-refractivity contribution in [1.29, 1.82) is 0 Å². The summed E-state index contributed by atoms with van der Waals surface area (Å²) in [6.45, 7) is 3.79. The van der Waals surface area contributed by atoms with Crippen LogP contribution in [0.25, 0.3) is 0 Å². The van der Waals surface area contributed by atoms with Gasteiger partial charge in [-0.15, -0.1) is 0 Å². The summed E-state index contributed by atoms with van der Waals surface area (Å²) in [7, 11) is 3.27. The summed E-state index contributed by atoms with van der Waals surface area (Å²) in [5, 5.41) is 3.07. The normalized spacial score (nSPS) is 22.0. The summed E-state index contributed by atoms with van der Waals surface area (Å²) < 4.78 is 11.0. The van der Waals surface area contributed by atoms with Crippen molar-refractivity contribution in [2.75, 3.05) is 33.9 Å². The van der Waals surface area contributed by atoms with Gasteiger partial charge in [0.25, 0.3) is 0 Å². The smallest absolute Gasteiger partial charge is 0.225 e. The van der Waals surface area contributed by atoms with Gasteiger partial charge in [-0.1, -0.05) is 26.2 Å². The van der Waals surface area contributed by atoms with Crippen LogP contribution in [0.4, 0.5) is 0 Å².